The van der Waals surface area contributed by atoms with Crippen molar-refractivity contribution in [2.24, 2.45) is 12.8 Å². The lowest BCUT2D eigenvalue weighted by atomic mass is 10.1. The number of nitrogens with zero attached hydrogens (tertiary/aromatic N) is 3. The molecule has 0 amide bonds. The van der Waals surface area contributed by atoms with Crippen LogP contribution < -0.4 is 10.6 Å². The minimum absolute atomic E-state index is 0.337. The molecule has 1 heterocycles. The molecule has 0 bridgehead atoms. The minimum atomic E-state index is 0.337. The van der Waals surface area contributed by atoms with E-state index in [1.54, 1.807) is 12.3 Å². The smallest absolute Gasteiger partial charge is 0.127 e. The maximum Gasteiger partial charge on any atom is 0.127 e. The third kappa shape index (κ3) is 3.05. The van der Waals surface area contributed by atoms with Crippen LogP contribution in [0.25, 0.3) is 0 Å². The lowest BCUT2D eigenvalue weighted by Crippen LogP contribution is -2.23. The number of hydrogen-bond donors (Lipinski definition) is 1. The molecule has 2 N–H and O–H groups in total. The molecule has 2 rings (SSSR count). The standard InChI is InChI=1S/C13H15ClN4S/c1-17-6-5-16-12(17)8-18(2)11-4-3-9(14)7-10(11)13(15)19/h3-7H,8H2,1-2H3,(H2,15,19). The van der Waals surface area contributed by atoms with Gasteiger partial charge in [0.25, 0.3) is 0 Å². The summed E-state index contributed by atoms with van der Waals surface area (Å²) in [5.41, 5.74) is 7.47. The second-order valence-corrected chi connectivity index (χ2v) is 5.21. The summed E-state index contributed by atoms with van der Waals surface area (Å²) in [5.74, 6) is 0.964. The molecular weight excluding hydrogens is 280 g/mol. The summed E-state index contributed by atoms with van der Waals surface area (Å²) in [6.07, 6.45) is 3.69. The van der Waals surface area contributed by atoms with Crippen LogP contribution in [0.3, 0.4) is 0 Å². The van der Waals surface area contributed by atoms with Crippen molar-refractivity contribution in [3.05, 3.63) is 47.0 Å². The summed E-state index contributed by atoms with van der Waals surface area (Å²) in [4.78, 5) is 6.69. The van der Waals surface area contributed by atoms with Gasteiger partial charge in [0.05, 0.1) is 6.54 Å². The Morgan fingerprint density at radius 1 is 1.53 bits per heavy atom. The fourth-order valence-electron chi connectivity index (χ4n) is 1.88. The van der Waals surface area contributed by atoms with E-state index in [1.165, 1.54) is 0 Å². The normalized spacial score (nSPS) is 10.5. The summed E-state index contributed by atoms with van der Waals surface area (Å²) in [7, 11) is 3.94. The maximum atomic E-state index is 5.98. The first kappa shape index (κ1) is 13.8. The van der Waals surface area contributed by atoms with Gasteiger partial charge in [-0.15, -0.1) is 0 Å². The van der Waals surface area contributed by atoms with E-state index in [1.807, 2.05) is 41.9 Å². The molecule has 0 unspecified atom stereocenters. The third-order valence-corrected chi connectivity index (χ3v) is 3.39. The van der Waals surface area contributed by atoms with Crippen molar-refractivity contribution in [2.45, 2.75) is 6.54 Å². The van der Waals surface area contributed by atoms with Crippen LogP contribution in [0, 0.1) is 0 Å². The van der Waals surface area contributed by atoms with Gasteiger partial charge in [0.15, 0.2) is 0 Å². The molecule has 0 aliphatic rings. The van der Waals surface area contributed by atoms with E-state index < -0.39 is 0 Å². The first-order valence-electron chi connectivity index (χ1n) is 5.75. The van der Waals surface area contributed by atoms with Crippen LogP contribution in [-0.4, -0.2) is 21.6 Å². The number of nitrogens with two attached hydrogens (primary N) is 1. The molecule has 100 valence electrons. The van der Waals surface area contributed by atoms with Crippen LogP contribution >= 0.6 is 23.8 Å². The summed E-state index contributed by atoms with van der Waals surface area (Å²) in [6, 6.07) is 5.53. The Balaban J connectivity index is 2.31. The van der Waals surface area contributed by atoms with Crippen LogP contribution in [0.15, 0.2) is 30.6 Å². The predicted molar refractivity (Wildman–Crippen MR) is 82.7 cm³/mol. The molecule has 0 fully saturated rings. The van der Waals surface area contributed by atoms with E-state index in [0.29, 0.717) is 16.6 Å². The number of aryl methyl sites for hydroxylation is 1. The fourth-order valence-corrected chi connectivity index (χ4v) is 2.22. The number of halogens is 1. The number of rotatable bonds is 4. The third-order valence-electron chi connectivity index (χ3n) is 2.93. The van der Waals surface area contributed by atoms with E-state index in [-0.39, 0.29) is 0 Å². The number of hydrogen-bond acceptors (Lipinski definition) is 3. The zero-order valence-electron chi connectivity index (χ0n) is 10.8. The molecule has 1 aromatic carbocycles. The van der Waals surface area contributed by atoms with E-state index in [0.717, 1.165) is 17.1 Å². The van der Waals surface area contributed by atoms with Gasteiger partial charge in [-0.2, -0.15) is 0 Å². The lowest BCUT2D eigenvalue weighted by molar-refractivity contribution is 0.761. The van der Waals surface area contributed by atoms with E-state index in [4.69, 9.17) is 29.6 Å². The van der Waals surface area contributed by atoms with Gasteiger partial charge in [-0.05, 0) is 18.2 Å². The second kappa shape index (κ2) is 5.59. The second-order valence-electron chi connectivity index (χ2n) is 4.34. The van der Waals surface area contributed by atoms with Gasteiger partial charge in [-0.25, -0.2) is 4.98 Å². The molecule has 19 heavy (non-hydrogen) atoms. The lowest BCUT2D eigenvalue weighted by Gasteiger charge is -2.22. The monoisotopic (exact) mass is 294 g/mol. The largest absolute Gasteiger partial charge is 0.389 e. The van der Waals surface area contributed by atoms with Gasteiger partial charge in [-0.1, -0.05) is 23.8 Å². The van der Waals surface area contributed by atoms with Crippen molar-refractivity contribution in [3.63, 3.8) is 0 Å². The number of benzene rings is 1. The first-order valence-corrected chi connectivity index (χ1v) is 6.54. The summed E-state index contributed by atoms with van der Waals surface area (Å²) in [6.45, 7) is 0.667. The van der Waals surface area contributed by atoms with E-state index >= 15 is 0 Å². The molecule has 0 saturated carbocycles. The Morgan fingerprint density at radius 3 is 2.84 bits per heavy atom. The topological polar surface area (TPSA) is 47.1 Å². The average molecular weight is 295 g/mol. The Hall–Kier alpha value is -1.59. The van der Waals surface area contributed by atoms with Crippen LogP contribution in [0.1, 0.15) is 11.4 Å². The zero-order valence-corrected chi connectivity index (χ0v) is 12.4. The quantitative estimate of drug-likeness (QED) is 0.879. The van der Waals surface area contributed by atoms with Gasteiger partial charge in [0, 0.05) is 42.8 Å². The molecule has 2 aromatic rings. The average Bonchev–Trinajstić information content (AvgIpc) is 2.74. The molecule has 0 aliphatic carbocycles. The highest BCUT2D eigenvalue weighted by atomic mass is 35.5. The predicted octanol–water partition coefficient (Wildman–Crippen LogP) is 2.34. The molecular formula is C13H15ClN4S. The Labute approximate surface area is 122 Å². The van der Waals surface area contributed by atoms with Crippen molar-refractivity contribution in [2.75, 3.05) is 11.9 Å². The Bertz CT molecular complexity index is 608. The van der Waals surface area contributed by atoms with Crippen molar-refractivity contribution in [1.82, 2.24) is 9.55 Å². The highest BCUT2D eigenvalue weighted by molar-refractivity contribution is 7.80. The molecule has 0 atom stereocenters. The van der Waals surface area contributed by atoms with Crippen molar-refractivity contribution in [3.8, 4) is 0 Å². The van der Waals surface area contributed by atoms with Gasteiger partial charge < -0.3 is 15.2 Å². The molecule has 0 radical (unpaired) electrons. The van der Waals surface area contributed by atoms with Gasteiger partial charge in [0.1, 0.15) is 10.8 Å². The summed E-state index contributed by atoms with van der Waals surface area (Å²) < 4.78 is 1.98. The van der Waals surface area contributed by atoms with Crippen LogP contribution in [-0.2, 0) is 13.6 Å². The molecule has 4 nitrogen and oxygen atoms in total. The summed E-state index contributed by atoms with van der Waals surface area (Å²) >= 11 is 11.1. The SMILES string of the molecule is CN(Cc1nccn1C)c1ccc(Cl)cc1C(N)=S. The summed E-state index contributed by atoms with van der Waals surface area (Å²) in [5, 5.41) is 0.622. The first-order chi connectivity index (χ1) is 8.99. The molecule has 1 aromatic heterocycles. The van der Waals surface area contributed by atoms with Crippen LogP contribution in [0.4, 0.5) is 5.69 Å². The highest BCUT2D eigenvalue weighted by Gasteiger charge is 2.12. The van der Waals surface area contributed by atoms with Gasteiger partial charge in [-0.3, -0.25) is 0 Å². The molecule has 0 spiro atoms. The fraction of sp³-hybridized carbons (Fsp3) is 0.231. The number of anilines is 1. The highest BCUT2D eigenvalue weighted by Crippen LogP contribution is 2.24. The number of imidazole rings is 1. The minimum Gasteiger partial charge on any atom is -0.389 e. The van der Waals surface area contributed by atoms with E-state index in [2.05, 4.69) is 4.98 Å². The van der Waals surface area contributed by atoms with Crippen molar-refractivity contribution >= 4 is 34.5 Å². The Kier molecular flexibility index (Phi) is 4.07. The van der Waals surface area contributed by atoms with Gasteiger partial charge >= 0.3 is 0 Å². The van der Waals surface area contributed by atoms with Gasteiger partial charge in [0.2, 0.25) is 0 Å². The molecule has 0 saturated heterocycles. The number of thiocarbonyl (C=S) groups is 1. The zero-order chi connectivity index (χ0) is 14.0. The Morgan fingerprint density at radius 2 is 2.26 bits per heavy atom. The van der Waals surface area contributed by atoms with Crippen LogP contribution in [0.2, 0.25) is 5.02 Å². The maximum absolute atomic E-state index is 5.98. The molecule has 6 heteroatoms. The van der Waals surface area contributed by atoms with Crippen molar-refractivity contribution < 1.29 is 0 Å². The van der Waals surface area contributed by atoms with E-state index in [9.17, 15) is 0 Å². The number of aromatic nitrogens is 2. The van der Waals surface area contributed by atoms with Crippen molar-refractivity contribution in [1.29, 1.82) is 0 Å². The molecule has 0 aliphatic heterocycles. The van der Waals surface area contributed by atoms with Crippen LogP contribution in [0.5, 0.6) is 0 Å².